The van der Waals surface area contributed by atoms with Gasteiger partial charge in [-0.1, -0.05) is 48.6 Å². The normalized spacial score (nSPS) is 11.7. The van der Waals surface area contributed by atoms with E-state index in [1.807, 2.05) is 0 Å². The number of allylic oxidation sites excluding steroid dienone is 1. The minimum atomic E-state index is 0.682. The molecule has 0 aliphatic carbocycles. The molecule has 72 valence electrons. The molecule has 0 aliphatic rings. The summed E-state index contributed by atoms with van der Waals surface area (Å²) in [5.74, 6) is 0.682. The zero-order chi connectivity index (χ0) is 9.23. The highest BCUT2D eigenvalue weighted by atomic mass is 127. The minimum absolute atomic E-state index is 0.682. The molecule has 0 bridgehead atoms. The van der Waals surface area contributed by atoms with Crippen LogP contribution in [0.5, 0.6) is 0 Å². The highest BCUT2D eigenvalue weighted by Gasteiger charge is 1.85. The van der Waals surface area contributed by atoms with Gasteiger partial charge in [0.1, 0.15) is 0 Å². The third-order valence-corrected chi connectivity index (χ3v) is 2.28. The summed E-state index contributed by atoms with van der Waals surface area (Å²) >= 11 is 2.42. The second kappa shape index (κ2) is 9.52. The summed E-state index contributed by atoms with van der Waals surface area (Å²) in [6.07, 6.45) is 7.10. The Bertz CT molecular complexity index is 110. The molecule has 0 amide bonds. The van der Waals surface area contributed by atoms with E-state index in [1.54, 1.807) is 0 Å². The first-order valence-corrected chi connectivity index (χ1v) is 6.23. The van der Waals surface area contributed by atoms with Crippen LogP contribution in [0.3, 0.4) is 0 Å². The van der Waals surface area contributed by atoms with Gasteiger partial charge in [0.2, 0.25) is 0 Å². The van der Waals surface area contributed by atoms with Crippen LogP contribution in [0, 0.1) is 5.92 Å². The Morgan fingerprint density at radius 2 is 2.08 bits per heavy atom. The molecule has 0 atom stereocenters. The van der Waals surface area contributed by atoms with Gasteiger partial charge < -0.3 is 5.32 Å². The standard InChI is InChI=1S/C10H20IN/c1-10(2)6-5-9-12-8-4-3-7-11/h5-6,10,12H,3-4,7-9H2,1-2H3/b6-5-. The van der Waals surface area contributed by atoms with Crippen LogP contribution in [0.15, 0.2) is 12.2 Å². The van der Waals surface area contributed by atoms with E-state index in [-0.39, 0.29) is 0 Å². The molecular weight excluding hydrogens is 261 g/mol. The number of rotatable bonds is 7. The van der Waals surface area contributed by atoms with Gasteiger partial charge >= 0.3 is 0 Å². The molecule has 0 aromatic rings. The van der Waals surface area contributed by atoms with Gasteiger partial charge in [-0.05, 0) is 29.7 Å². The smallest absolute Gasteiger partial charge is 0.0134 e. The molecule has 0 fully saturated rings. The van der Waals surface area contributed by atoms with Crippen molar-refractivity contribution in [2.24, 2.45) is 5.92 Å². The Hall–Kier alpha value is 0.430. The van der Waals surface area contributed by atoms with E-state index >= 15 is 0 Å². The van der Waals surface area contributed by atoms with Crippen LogP contribution in [-0.2, 0) is 0 Å². The maximum absolute atomic E-state index is 3.39. The lowest BCUT2D eigenvalue weighted by Gasteiger charge is -1.99. The Balaban J connectivity index is 3.00. The number of alkyl halides is 1. The first-order chi connectivity index (χ1) is 5.77. The lowest BCUT2D eigenvalue weighted by atomic mass is 10.2. The van der Waals surface area contributed by atoms with E-state index in [4.69, 9.17) is 0 Å². The SMILES string of the molecule is CC(C)/C=C\CNCCCCI. The molecule has 0 radical (unpaired) electrons. The zero-order valence-corrected chi connectivity index (χ0v) is 10.3. The molecule has 1 nitrogen and oxygen atoms in total. The fraction of sp³-hybridized carbons (Fsp3) is 0.800. The summed E-state index contributed by atoms with van der Waals surface area (Å²) in [5, 5.41) is 3.39. The average Bonchev–Trinajstić information content (AvgIpc) is 2.02. The second-order valence-corrected chi connectivity index (χ2v) is 4.35. The minimum Gasteiger partial charge on any atom is -0.313 e. The second-order valence-electron chi connectivity index (χ2n) is 3.27. The number of halogens is 1. The lowest BCUT2D eigenvalue weighted by molar-refractivity contribution is 0.684. The summed E-state index contributed by atoms with van der Waals surface area (Å²) in [7, 11) is 0. The van der Waals surface area contributed by atoms with Crippen molar-refractivity contribution in [2.75, 3.05) is 17.5 Å². The molecule has 0 saturated heterocycles. The van der Waals surface area contributed by atoms with Crippen molar-refractivity contribution < 1.29 is 0 Å². The van der Waals surface area contributed by atoms with Gasteiger partial charge in [-0.3, -0.25) is 0 Å². The molecular formula is C10H20IN. The monoisotopic (exact) mass is 281 g/mol. The molecule has 12 heavy (non-hydrogen) atoms. The number of hydrogen-bond acceptors (Lipinski definition) is 1. The van der Waals surface area contributed by atoms with Crippen molar-refractivity contribution >= 4 is 22.6 Å². The van der Waals surface area contributed by atoms with Crippen LogP contribution in [0.1, 0.15) is 26.7 Å². The Morgan fingerprint density at radius 1 is 1.33 bits per heavy atom. The van der Waals surface area contributed by atoms with E-state index in [1.165, 1.54) is 17.3 Å². The van der Waals surface area contributed by atoms with Gasteiger partial charge in [-0.2, -0.15) is 0 Å². The van der Waals surface area contributed by atoms with Crippen molar-refractivity contribution in [2.45, 2.75) is 26.7 Å². The first-order valence-electron chi connectivity index (χ1n) is 4.70. The van der Waals surface area contributed by atoms with Gasteiger partial charge in [-0.15, -0.1) is 0 Å². The predicted molar refractivity (Wildman–Crippen MR) is 65.0 cm³/mol. The van der Waals surface area contributed by atoms with Crippen molar-refractivity contribution in [1.29, 1.82) is 0 Å². The topological polar surface area (TPSA) is 12.0 Å². The number of nitrogens with one attached hydrogen (secondary N) is 1. The maximum Gasteiger partial charge on any atom is 0.0134 e. The molecule has 0 unspecified atom stereocenters. The molecule has 0 aliphatic heterocycles. The van der Waals surface area contributed by atoms with E-state index < -0.39 is 0 Å². The van der Waals surface area contributed by atoms with Crippen LogP contribution in [-0.4, -0.2) is 17.5 Å². The van der Waals surface area contributed by atoms with Crippen molar-refractivity contribution in [3.63, 3.8) is 0 Å². The number of hydrogen-bond donors (Lipinski definition) is 1. The molecule has 0 aromatic heterocycles. The summed E-state index contributed by atoms with van der Waals surface area (Å²) in [6, 6.07) is 0. The summed E-state index contributed by atoms with van der Waals surface area (Å²) in [6.45, 7) is 6.59. The zero-order valence-electron chi connectivity index (χ0n) is 8.15. The molecule has 0 spiro atoms. The molecule has 1 N–H and O–H groups in total. The lowest BCUT2D eigenvalue weighted by Crippen LogP contribution is -2.15. The van der Waals surface area contributed by atoms with Crippen molar-refractivity contribution in [3.8, 4) is 0 Å². The first kappa shape index (κ1) is 12.4. The average molecular weight is 281 g/mol. The molecule has 0 rings (SSSR count). The highest BCUT2D eigenvalue weighted by Crippen LogP contribution is 1.93. The van der Waals surface area contributed by atoms with Crippen LogP contribution < -0.4 is 5.32 Å². The third kappa shape index (κ3) is 10.4. The Kier molecular flexibility index (Phi) is 9.86. The number of unbranched alkanes of at least 4 members (excludes halogenated alkanes) is 1. The third-order valence-electron chi connectivity index (χ3n) is 1.52. The van der Waals surface area contributed by atoms with Crippen molar-refractivity contribution in [3.05, 3.63) is 12.2 Å². The maximum atomic E-state index is 3.39. The molecule has 0 saturated carbocycles. The van der Waals surface area contributed by atoms with Gasteiger partial charge in [0, 0.05) is 6.54 Å². The Labute approximate surface area is 90.1 Å². The van der Waals surface area contributed by atoms with Crippen LogP contribution in [0.25, 0.3) is 0 Å². The van der Waals surface area contributed by atoms with Gasteiger partial charge in [-0.25, -0.2) is 0 Å². The van der Waals surface area contributed by atoms with Crippen molar-refractivity contribution in [1.82, 2.24) is 5.32 Å². The fourth-order valence-electron chi connectivity index (χ4n) is 0.870. The largest absolute Gasteiger partial charge is 0.313 e. The van der Waals surface area contributed by atoms with Crippen LogP contribution >= 0.6 is 22.6 Å². The van der Waals surface area contributed by atoms with Crippen LogP contribution in [0.2, 0.25) is 0 Å². The molecule has 0 heterocycles. The molecule has 0 aromatic carbocycles. The predicted octanol–water partition coefficient (Wildman–Crippen LogP) is 3.00. The van der Waals surface area contributed by atoms with Gasteiger partial charge in [0.25, 0.3) is 0 Å². The summed E-state index contributed by atoms with van der Waals surface area (Å²) in [5.41, 5.74) is 0. The van der Waals surface area contributed by atoms with Gasteiger partial charge in [0.05, 0.1) is 0 Å². The molecule has 2 heteroatoms. The Morgan fingerprint density at radius 3 is 2.67 bits per heavy atom. The van der Waals surface area contributed by atoms with E-state index in [0.717, 1.165) is 13.1 Å². The van der Waals surface area contributed by atoms with E-state index in [0.29, 0.717) is 5.92 Å². The quantitative estimate of drug-likeness (QED) is 0.327. The summed E-state index contributed by atoms with van der Waals surface area (Å²) in [4.78, 5) is 0. The van der Waals surface area contributed by atoms with Gasteiger partial charge in [0.15, 0.2) is 0 Å². The van der Waals surface area contributed by atoms with E-state index in [9.17, 15) is 0 Å². The van der Waals surface area contributed by atoms with Crippen LogP contribution in [0.4, 0.5) is 0 Å². The highest BCUT2D eigenvalue weighted by molar-refractivity contribution is 14.1. The summed E-state index contributed by atoms with van der Waals surface area (Å²) < 4.78 is 1.28. The fourth-order valence-corrected chi connectivity index (χ4v) is 1.41. The van der Waals surface area contributed by atoms with E-state index in [2.05, 4.69) is 53.9 Å².